The molecule has 0 bridgehead atoms. The van der Waals surface area contributed by atoms with Crippen molar-refractivity contribution in [1.82, 2.24) is 4.90 Å². The van der Waals surface area contributed by atoms with Crippen molar-refractivity contribution in [3.63, 3.8) is 0 Å². The Kier molecular flexibility index (Phi) is 4.74. The molecule has 1 aromatic carbocycles. The molecule has 0 saturated carbocycles. The summed E-state index contributed by atoms with van der Waals surface area (Å²) >= 11 is 12.3. The maximum Gasteiger partial charge on any atom is 0.159 e. The Balaban J connectivity index is 1.73. The standard InChI is InChI=1S/C15H19Cl2NO3/c1-18(3-2-14-20-4-5-21-14)15-11-6-9(16)7-12(17)10(11)8-13(15)19/h6-7,13-15,19H,2-5,8H2,1H3/t13-,15-/m1/s1. The van der Waals surface area contributed by atoms with E-state index in [9.17, 15) is 5.11 Å². The van der Waals surface area contributed by atoms with Gasteiger partial charge >= 0.3 is 0 Å². The fraction of sp³-hybridized carbons (Fsp3) is 0.600. The predicted octanol–water partition coefficient (Wildman–Crippen LogP) is 2.65. The van der Waals surface area contributed by atoms with Crippen molar-refractivity contribution in [1.29, 1.82) is 0 Å². The van der Waals surface area contributed by atoms with Crippen molar-refractivity contribution in [3.05, 3.63) is 33.3 Å². The number of likely N-dealkylation sites (N-methyl/N-ethyl adjacent to an activating group) is 1. The zero-order valence-electron chi connectivity index (χ0n) is 11.9. The summed E-state index contributed by atoms with van der Waals surface area (Å²) in [6, 6.07) is 3.55. The Morgan fingerprint density at radius 1 is 1.29 bits per heavy atom. The first-order chi connectivity index (χ1) is 10.1. The summed E-state index contributed by atoms with van der Waals surface area (Å²) in [6.07, 6.45) is 0.750. The number of hydrogen-bond acceptors (Lipinski definition) is 4. The monoisotopic (exact) mass is 331 g/mol. The molecule has 0 amide bonds. The Morgan fingerprint density at radius 2 is 2.00 bits per heavy atom. The van der Waals surface area contributed by atoms with E-state index in [1.165, 1.54) is 0 Å². The van der Waals surface area contributed by atoms with Crippen molar-refractivity contribution in [2.24, 2.45) is 0 Å². The molecular weight excluding hydrogens is 313 g/mol. The van der Waals surface area contributed by atoms with Crippen LogP contribution in [0.3, 0.4) is 0 Å². The first kappa shape index (κ1) is 15.5. The Hall–Kier alpha value is -0.360. The van der Waals surface area contributed by atoms with E-state index in [0.717, 1.165) is 24.1 Å². The van der Waals surface area contributed by atoms with E-state index >= 15 is 0 Å². The number of ether oxygens (including phenoxy) is 2. The lowest BCUT2D eigenvalue weighted by Crippen LogP contribution is -2.33. The van der Waals surface area contributed by atoms with Gasteiger partial charge in [0.05, 0.1) is 25.4 Å². The third-order valence-corrected chi connectivity index (χ3v) is 4.73. The molecular formula is C15H19Cl2NO3. The average molecular weight is 332 g/mol. The van der Waals surface area contributed by atoms with Gasteiger partial charge in [-0.2, -0.15) is 0 Å². The number of fused-ring (bicyclic) bond motifs is 1. The van der Waals surface area contributed by atoms with Gasteiger partial charge in [0.25, 0.3) is 0 Å². The summed E-state index contributed by atoms with van der Waals surface area (Å²) < 4.78 is 10.9. The van der Waals surface area contributed by atoms with Crippen LogP contribution in [-0.4, -0.2) is 49.2 Å². The molecule has 6 heteroatoms. The van der Waals surface area contributed by atoms with Crippen LogP contribution in [0, 0.1) is 0 Å². The molecule has 1 heterocycles. The van der Waals surface area contributed by atoms with Crippen LogP contribution < -0.4 is 0 Å². The van der Waals surface area contributed by atoms with Gasteiger partial charge in [-0.1, -0.05) is 23.2 Å². The molecule has 21 heavy (non-hydrogen) atoms. The molecule has 1 aliphatic carbocycles. The molecule has 1 saturated heterocycles. The molecule has 1 N–H and O–H groups in total. The van der Waals surface area contributed by atoms with Crippen LogP contribution in [0.1, 0.15) is 23.6 Å². The average Bonchev–Trinajstić information content (AvgIpc) is 3.03. The highest BCUT2D eigenvalue weighted by Gasteiger charge is 2.35. The number of hydrogen-bond donors (Lipinski definition) is 1. The number of benzene rings is 1. The van der Waals surface area contributed by atoms with Gasteiger partial charge in [-0.05, 0) is 30.3 Å². The molecule has 2 aliphatic rings. The van der Waals surface area contributed by atoms with Gasteiger partial charge < -0.3 is 14.6 Å². The highest BCUT2D eigenvalue weighted by Crippen LogP contribution is 2.40. The highest BCUT2D eigenvalue weighted by atomic mass is 35.5. The first-order valence-electron chi connectivity index (χ1n) is 7.15. The van der Waals surface area contributed by atoms with Crippen LogP contribution in [0.15, 0.2) is 12.1 Å². The zero-order valence-corrected chi connectivity index (χ0v) is 13.4. The number of aliphatic hydroxyl groups excluding tert-OH is 1. The lowest BCUT2D eigenvalue weighted by atomic mass is 10.1. The van der Waals surface area contributed by atoms with Crippen LogP contribution in [0.5, 0.6) is 0 Å². The molecule has 1 aromatic rings. The molecule has 1 aliphatic heterocycles. The van der Waals surface area contributed by atoms with E-state index in [4.69, 9.17) is 32.7 Å². The Morgan fingerprint density at radius 3 is 2.71 bits per heavy atom. The molecule has 0 aromatic heterocycles. The summed E-state index contributed by atoms with van der Waals surface area (Å²) in [5.74, 6) is 0. The second kappa shape index (κ2) is 6.41. The molecule has 4 nitrogen and oxygen atoms in total. The minimum atomic E-state index is -0.466. The number of halogens is 2. The number of rotatable bonds is 4. The van der Waals surface area contributed by atoms with E-state index in [-0.39, 0.29) is 12.3 Å². The molecule has 116 valence electrons. The third-order valence-electron chi connectivity index (χ3n) is 4.17. The summed E-state index contributed by atoms with van der Waals surface area (Å²) in [6.45, 7) is 2.10. The fourth-order valence-corrected chi connectivity index (χ4v) is 3.77. The lowest BCUT2D eigenvalue weighted by molar-refractivity contribution is -0.0547. The van der Waals surface area contributed by atoms with Crippen molar-refractivity contribution in [3.8, 4) is 0 Å². The molecule has 2 atom stereocenters. The topological polar surface area (TPSA) is 41.9 Å². The quantitative estimate of drug-likeness (QED) is 0.920. The minimum Gasteiger partial charge on any atom is -0.391 e. The summed E-state index contributed by atoms with van der Waals surface area (Å²) in [7, 11) is 1.99. The van der Waals surface area contributed by atoms with Crippen molar-refractivity contribution in [2.75, 3.05) is 26.8 Å². The van der Waals surface area contributed by atoms with Crippen LogP contribution in [0.2, 0.25) is 10.0 Å². The molecule has 3 rings (SSSR count). The van der Waals surface area contributed by atoms with Crippen LogP contribution in [0.4, 0.5) is 0 Å². The van der Waals surface area contributed by atoms with Gasteiger partial charge in [0, 0.05) is 29.4 Å². The molecule has 0 radical (unpaired) electrons. The number of aliphatic hydroxyl groups is 1. The highest BCUT2D eigenvalue weighted by molar-refractivity contribution is 6.35. The van der Waals surface area contributed by atoms with Crippen LogP contribution in [0.25, 0.3) is 0 Å². The molecule has 0 unspecified atom stereocenters. The SMILES string of the molecule is CN(CCC1OCCO1)[C@@H]1c2cc(Cl)cc(Cl)c2C[C@H]1O. The predicted molar refractivity (Wildman–Crippen MR) is 81.9 cm³/mol. The third kappa shape index (κ3) is 3.21. The normalized spacial score (nSPS) is 25.8. The summed E-state index contributed by atoms with van der Waals surface area (Å²) in [5, 5.41) is 11.6. The van der Waals surface area contributed by atoms with E-state index in [2.05, 4.69) is 4.90 Å². The van der Waals surface area contributed by atoms with Crippen molar-refractivity contribution in [2.45, 2.75) is 31.3 Å². The van der Waals surface area contributed by atoms with Gasteiger partial charge in [0.15, 0.2) is 6.29 Å². The van der Waals surface area contributed by atoms with Crippen molar-refractivity contribution >= 4 is 23.2 Å². The maximum absolute atomic E-state index is 10.4. The Labute approximate surface area is 134 Å². The van der Waals surface area contributed by atoms with Crippen LogP contribution >= 0.6 is 23.2 Å². The fourth-order valence-electron chi connectivity index (χ4n) is 3.18. The zero-order chi connectivity index (χ0) is 15.0. The lowest BCUT2D eigenvalue weighted by Gasteiger charge is -2.28. The van der Waals surface area contributed by atoms with E-state index < -0.39 is 6.10 Å². The minimum absolute atomic E-state index is 0.0856. The van der Waals surface area contributed by atoms with Gasteiger partial charge in [-0.3, -0.25) is 4.90 Å². The first-order valence-corrected chi connectivity index (χ1v) is 7.91. The smallest absolute Gasteiger partial charge is 0.159 e. The van der Waals surface area contributed by atoms with Crippen LogP contribution in [-0.2, 0) is 15.9 Å². The Bertz CT molecular complexity index is 520. The van der Waals surface area contributed by atoms with E-state index in [1.54, 1.807) is 6.07 Å². The summed E-state index contributed by atoms with van der Waals surface area (Å²) in [5.41, 5.74) is 2.02. The maximum atomic E-state index is 10.4. The summed E-state index contributed by atoms with van der Waals surface area (Å²) in [4.78, 5) is 2.12. The van der Waals surface area contributed by atoms with Gasteiger partial charge in [-0.15, -0.1) is 0 Å². The second-order valence-corrected chi connectivity index (χ2v) is 6.46. The largest absolute Gasteiger partial charge is 0.391 e. The van der Waals surface area contributed by atoms with E-state index in [0.29, 0.717) is 29.7 Å². The second-order valence-electron chi connectivity index (χ2n) is 5.61. The number of nitrogens with zero attached hydrogens (tertiary/aromatic N) is 1. The van der Waals surface area contributed by atoms with Crippen molar-refractivity contribution < 1.29 is 14.6 Å². The van der Waals surface area contributed by atoms with Gasteiger partial charge in [-0.25, -0.2) is 0 Å². The van der Waals surface area contributed by atoms with Gasteiger partial charge in [0.2, 0.25) is 0 Å². The molecule has 0 spiro atoms. The van der Waals surface area contributed by atoms with Gasteiger partial charge in [0.1, 0.15) is 0 Å². The molecule has 1 fully saturated rings. The van der Waals surface area contributed by atoms with E-state index in [1.807, 2.05) is 13.1 Å².